The number of H-pyrrole nitrogens is 2. The summed E-state index contributed by atoms with van der Waals surface area (Å²) in [5, 5.41) is 10.8. The van der Waals surface area contributed by atoms with Gasteiger partial charge in [-0.15, -0.1) is 0 Å². The summed E-state index contributed by atoms with van der Waals surface area (Å²) in [6.45, 7) is 0. The highest BCUT2D eigenvalue weighted by molar-refractivity contribution is 5.06. The fraction of sp³-hybridized carbons (Fsp3) is 0.143. The lowest BCUT2D eigenvalue weighted by molar-refractivity contribution is -0.520. The third-order valence-electron chi connectivity index (χ3n) is 1.77. The van der Waals surface area contributed by atoms with Gasteiger partial charge in [0.05, 0.1) is 0 Å². The van der Waals surface area contributed by atoms with Crippen molar-refractivity contribution in [2.45, 2.75) is 6.04 Å². The van der Waals surface area contributed by atoms with Crippen LogP contribution in [0.1, 0.15) is 17.7 Å². The van der Waals surface area contributed by atoms with Crippen LogP contribution in [0.2, 0.25) is 0 Å². The van der Waals surface area contributed by atoms with Crippen molar-refractivity contribution in [1.82, 2.24) is 19.9 Å². The van der Waals surface area contributed by atoms with E-state index >= 15 is 0 Å². The summed E-state index contributed by atoms with van der Waals surface area (Å²) >= 11 is 0. The summed E-state index contributed by atoms with van der Waals surface area (Å²) in [6, 6.07) is -1.06. The van der Waals surface area contributed by atoms with Gasteiger partial charge in [-0.05, 0) is 0 Å². The van der Waals surface area contributed by atoms with E-state index in [1.165, 1.54) is 24.8 Å². The molecule has 2 rings (SSSR count). The second-order valence-electron chi connectivity index (χ2n) is 2.64. The number of nitrogens with zero attached hydrogens (tertiary/aromatic N) is 3. The van der Waals surface area contributed by atoms with Crippen LogP contribution in [0.3, 0.4) is 0 Å². The van der Waals surface area contributed by atoms with E-state index in [1.54, 1.807) is 0 Å². The molecule has 0 saturated heterocycles. The monoisotopic (exact) mass is 193 g/mol. The molecule has 0 fully saturated rings. The van der Waals surface area contributed by atoms with E-state index < -0.39 is 11.0 Å². The van der Waals surface area contributed by atoms with Crippen molar-refractivity contribution in [3.05, 3.63) is 46.6 Å². The summed E-state index contributed by atoms with van der Waals surface area (Å²) in [7, 11) is 0. The molecule has 2 aromatic rings. The van der Waals surface area contributed by atoms with Crippen LogP contribution in [-0.2, 0) is 0 Å². The van der Waals surface area contributed by atoms with E-state index in [0.717, 1.165) is 0 Å². The highest BCUT2D eigenvalue weighted by atomic mass is 16.6. The summed E-state index contributed by atoms with van der Waals surface area (Å²) in [5.74, 6) is 0.537. The molecule has 7 nitrogen and oxygen atoms in total. The van der Waals surface area contributed by atoms with Crippen LogP contribution in [-0.4, -0.2) is 24.9 Å². The van der Waals surface area contributed by atoms with Crippen LogP contribution in [0.25, 0.3) is 0 Å². The van der Waals surface area contributed by atoms with Gasteiger partial charge < -0.3 is 9.97 Å². The zero-order chi connectivity index (χ0) is 9.97. The third-order valence-corrected chi connectivity index (χ3v) is 1.77. The first kappa shape index (κ1) is 8.42. The molecule has 2 heterocycles. The van der Waals surface area contributed by atoms with Crippen LogP contribution in [0, 0.1) is 10.1 Å². The Morgan fingerprint density at radius 3 is 2.00 bits per heavy atom. The van der Waals surface area contributed by atoms with Gasteiger partial charge in [0.1, 0.15) is 0 Å². The highest BCUT2D eigenvalue weighted by Gasteiger charge is 2.29. The molecule has 0 aromatic carbocycles. The Morgan fingerprint density at radius 1 is 1.21 bits per heavy atom. The van der Waals surface area contributed by atoms with Crippen LogP contribution in [0.4, 0.5) is 0 Å². The summed E-state index contributed by atoms with van der Waals surface area (Å²) in [5.41, 5.74) is 0. The number of aromatic nitrogens is 4. The maximum Gasteiger partial charge on any atom is 0.326 e. The molecular weight excluding hydrogens is 186 g/mol. The average Bonchev–Trinajstić information content (AvgIpc) is 2.75. The highest BCUT2D eigenvalue weighted by Crippen LogP contribution is 2.17. The summed E-state index contributed by atoms with van der Waals surface area (Å²) in [4.78, 5) is 23.4. The van der Waals surface area contributed by atoms with E-state index in [9.17, 15) is 10.1 Å². The Hall–Kier alpha value is -2.18. The minimum Gasteiger partial charge on any atom is -0.342 e. The van der Waals surface area contributed by atoms with E-state index in [0.29, 0.717) is 0 Å². The van der Waals surface area contributed by atoms with Gasteiger partial charge in [-0.2, -0.15) is 0 Å². The Kier molecular flexibility index (Phi) is 1.98. The van der Waals surface area contributed by atoms with Crippen molar-refractivity contribution >= 4 is 0 Å². The van der Waals surface area contributed by atoms with Gasteiger partial charge >= 0.3 is 6.04 Å². The second-order valence-corrected chi connectivity index (χ2v) is 2.64. The number of nitrogens with one attached hydrogen (secondary N) is 2. The molecule has 0 amide bonds. The van der Waals surface area contributed by atoms with Gasteiger partial charge in [-0.1, -0.05) is 0 Å². The molecule has 2 N–H and O–H groups in total. The molecule has 0 bridgehead atoms. The molecule has 7 heteroatoms. The first-order chi connectivity index (χ1) is 6.79. The van der Waals surface area contributed by atoms with Crippen LogP contribution in [0.15, 0.2) is 24.8 Å². The summed E-state index contributed by atoms with van der Waals surface area (Å²) in [6.07, 6.45) is 6.01. The number of rotatable bonds is 3. The van der Waals surface area contributed by atoms with Crippen LogP contribution >= 0.6 is 0 Å². The minimum atomic E-state index is -1.06. The summed E-state index contributed by atoms with van der Waals surface area (Å²) < 4.78 is 0. The van der Waals surface area contributed by atoms with Gasteiger partial charge in [0.2, 0.25) is 0 Å². The molecule has 0 aliphatic heterocycles. The number of hydrogen-bond acceptors (Lipinski definition) is 4. The fourth-order valence-electron chi connectivity index (χ4n) is 1.18. The largest absolute Gasteiger partial charge is 0.342 e. The van der Waals surface area contributed by atoms with Crippen molar-refractivity contribution < 1.29 is 4.92 Å². The number of hydrogen-bond donors (Lipinski definition) is 2. The predicted octanol–water partition coefficient (Wildman–Crippen LogP) is 0.499. The molecule has 0 spiro atoms. The lowest BCUT2D eigenvalue weighted by Crippen LogP contribution is -2.15. The first-order valence-corrected chi connectivity index (χ1v) is 3.91. The molecule has 0 saturated carbocycles. The standard InChI is InChI=1S/C7H7N5O2/c13-12(14)5(6-8-1-2-9-6)7-10-3-4-11-7/h1-5H,(H,8,9)(H,10,11). The molecule has 0 aliphatic carbocycles. The Balaban J connectivity index is 2.40. The van der Waals surface area contributed by atoms with Crippen molar-refractivity contribution in [2.75, 3.05) is 0 Å². The maximum atomic E-state index is 10.8. The topological polar surface area (TPSA) is 100 Å². The van der Waals surface area contributed by atoms with Crippen molar-refractivity contribution in [2.24, 2.45) is 0 Å². The van der Waals surface area contributed by atoms with E-state index in [2.05, 4.69) is 19.9 Å². The van der Waals surface area contributed by atoms with Gasteiger partial charge in [0.15, 0.2) is 11.6 Å². The first-order valence-electron chi connectivity index (χ1n) is 3.91. The number of nitro groups is 1. The van der Waals surface area contributed by atoms with Crippen LogP contribution in [0.5, 0.6) is 0 Å². The normalized spacial score (nSPS) is 10.6. The average molecular weight is 193 g/mol. The molecule has 14 heavy (non-hydrogen) atoms. The Bertz CT molecular complexity index is 373. The molecule has 0 atom stereocenters. The van der Waals surface area contributed by atoms with Gasteiger partial charge in [0, 0.05) is 29.7 Å². The number of imidazole rings is 2. The zero-order valence-electron chi connectivity index (χ0n) is 7.04. The lowest BCUT2D eigenvalue weighted by atomic mass is 10.3. The second kappa shape index (κ2) is 3.29. The molecule has 0 radical (unpaired) electrons. The minimum absolute atomic E-state index is 0.268. The molecule has 72 valence electrons. The van der Waals surface area contributed by atoms with Gasteiger partial charge in [-0.25, -0.2) is 9.97 Å². The Morgan fingerprint density at radius 2 is 1.71 bits per heavy atom. The molecular formula is C7H7N5O2. The SMILES string of the molecule is O=[N+]([O-])C(c1ncc[nH]1)c1ncc[nH]1. The fourth-order valence-corrected chi connectivity index (χ4v) is 1.18. The molecule has 0 unspecified atom stereocenters. The van der Waals surface area contributed by atoms with E-state index in [4.69, 9.17) is 0 Å². The Labute approximate surface area is 78.4 Å². The smallest absolute Gasteiger partial charge is 0.326 e. The number of aromatic amines is 2. The van der Waals surface area contributed by atoms with Crippen molar-refractivity contribution in [3.8, 4) is 0 Å². The third kappa shape index (κ3) is 1.35. The molecule has 2 aromatic heterocycles. The quantitative estimate of drug-likeness (QED) is 0.547. The van der Waals surface area contributed by atoms with Gasteiger partial charge in [-0.3, -0.25) is 10.1 Å². The van der Waals surface area contributed by atoms with E-state index in [-0.39, 0.29) is 11.6 Å². The lowest BCUT2D eigenvalue weighted by Gasteiger charge is -2.02. The van der Waals surface area contributed by atoms with E-state index in [1.807, 2.05) is 0 Å². The maximum absolute atomic E-state index is 10.8. The van der Waals surface area contributed by atoms with Crippen molar-refractivity contribution in [1.29, 1.82) is 0 Å². The zero-order valence-corrected chi connectivity index (χ0v) is 7.04. The molecule has 0 aliphatic rings. The van der Waals surface area contributed by atoms with Gasteiger partial charge in [0.25, 0.3) is 0 Å². The van der Waals surface area contributed by atoms with Crippen LogP contribution < -0.4 is 0 Å². The predicted molar refractivity (Wildman–Crippen MR) is 46.0 cm³/mol. The van der Waals surface area contributed by atoms with Crippen molar-refractivity contribution in [3.63, 3.8) is 0 Å².